The molecular weight excluding hydrogens is 182 g/mol. The van der Waals surface area contributed by atoms with Crippen LogP contribution in [0.25, 0.3) is 0 Å². The van der Waals surface area contributed by atoms with Gasteiger partial charge < -0.3 is 10.0 Å². The largest absolute Gasteiger partial charge is 0.480 e. The molecule has 0 aliphatic carbocycles. The van der Waals surface area contributed by atoms with Gasteiger partial charge in [0, 0.05) is 13.0 Å². The van der Waals surface area contributed by atoms with Gasteiger partial charge in [0.05, 0.1) is 0 Å². The van der Waals surface area contributed by atoms with E-state index >= 15 is 0 Å². The summed E-state index contributed by atoms with van der Waals surface area (Å²) in [6.45, 7) is 4.24. The lowest BCUT2D eigenvalue weighted by Crippen LogP contribution is -2.42. The van der Waals surface area contributed by atoms with Gasteiger partial charge in [-0.25, -0.2) is 4.79 Å². The molecular formula is C10H17NO3. The molecule has 0 bridgehead atoms. The Morgan fingerprint density at radius 1 is 1.57 bits per heavy atom. The third-order valence-electron chi connectivity index (χ3n) is 2.86. The maximum Gasteiger partial charge on any atom is 0.326 e. The van der Waals surface area contributed by atoms with Crippen LogP contribution < -0.4 is 0 Å². The number of carbonyl (C=O) groups excluding carboxylic acids is 1. The fourth-order valence-corrected chi connectivity index (χ4v) is 1.68. The highest BCUT2D eigenvalue weighted by atomic mass is 16.4. The number of carbonyl (C=O) groups is 2. The topological polar surface area (TPSA) is 57.6 Å². The molecule has 2 atom stereocenters. The molecule has 1 aliphatic rings. The number of carboxylic acid groups (broad SMARTS) is 1. The van der Waals surface area contributed by atoms with Crippen LogP contribution in [-0.2, 0) is 9.59 Å². The van der Waals surface area contributed by atoms with Crippen molar-refractivity contribution in [2.24, 2.45) is 5.92 Å². The van der Waals surface area contributed by atoms with Gasteiger partial charge in [0.15, 0.2) is 0 Å². The van der Waals surface area contributed by atoms with Gasteiger partial charge in [-0.1, -0.05) is 6.92 Å². The van der Waals surface area contributed by atoms with E-state index in [0.717, 1.165) is 12.8 Å². The molecule has 1 aliphatic heterocycles. The minimum atomic E-state index is -0.923. The SMILES string of the molecule is CC1CCC(=O)N(C(C)C(=O)O)CC1. The van der Waals surface area contributed by atoms with Crippen LogP contribution in [0, 0.1) is 5.92 Å². The summed E-state index contributed by atoms with van der Waals surface area (Å²) < 4.78 is 0. The Kier molecular flexibility index (Phi) is 3.49. The van der Waals surface area contributed by atoms with Crippen LogP contribution in [0.3, 0.4) is 0 Å². The second-order valence-corrected chi connectivity index (χ2v) is 4.03. The van der Waals surface area contributed by atoms with Crippen molar-refractivity contribution >= 4 is 11.9 Å². The molecule has 1 N–H and O–H groups in total. The number of carboxylic acids is 1. The molecule has 1 amide bonds. The molecule has 1 saturated heterocycles. The van der Waals surface area contributed by atoms with Crippen LogP contribution in [-0.4, -0.2) is 34.5 Å². The number of likely N-dealkylation sites (tertiary alicyclic amines) is 1. The average Bonchev–Trinajstić information content (AvgIpc) is 2.28. The molecule has 0 aromatic heterocycles. The van der Waals surface area contributed by atoms with Crippen LogP contribution >= 0.6 is 0 Å². The number of hydrogen-bond acceptors (Lipinski definition) is 2. The molecule has 0 aromatic carbocycles. The van der Waals surface area contributed by atoms with Crippen LogP contribution in [0.4, 0.5) is 0 Å². The van der Waals surface area contributed by atoms with Crippen molar-refractivity contribution in [2.75, 3.05) is 6.54 Å². The van der Waals surface area contributed by atoms with E-state index in [2.05, 4.69) is 6.92 Å². The maximum atomic E-state index is 11.6. The highest BCUT2D eigenvalue weighted by molar-refractivity contribution is 5.83. The molecule has 1 heterocycles. The van der Waals surface area contributed by atoms with Crippen molar-refractivity contribution in [3.63, 3.8) is 0 Å². The van der Waals surface area contributed by atoms with E-state index in [1.54, 1.807) is 6.92 Å². The average molecular weight is 199 g/mol. The lowest BCUT2D eigenvalue weighted by atomic mass is 10.0. The standard InChI is InChI=1S/C10H17NO3/c1-7-3-4-9(12)11(6-5-7)8(2)10(13)14/h7-8H,3-6H2,1-2H3,(H,13,14). The van der Waals surface area contributed by atoms with Gasteiger partial charge in [-0.15, -0.1) is 0 Å². The molecule has 80 valence electrons. The van der Waals surface area contributed by atoms with Crippen molar-refractivity contribution in [1.29, 1.82) is 0 Å². The smallest absolute Gasteiger partial charge is 0.326 e. The third-order valence-corrected chi connectivity index (χ3v) is 2.86. The molecule has 14 heavy (non-hydrogen) atoms. The number of rotatable bonds is 2. The molecule has 0 spiro atoms. The first-order chi connectivity index (χ1) is 6.52. The number of hydrogen-bond donors (Lipinski definition) is 1. The van der Waals surface area contributed by atoms with E-state index in [-0.39, 0.29) is 5.91 Å². The van der Waals surface area contributed by atoms with Crippen LogP contribution in [0.1, 0.15) is 33.1 Å². The number of aliphatic carboxylic acids is 1. The van der Waals surface area contributed by atoms with Crippen molar-refractivity contribution in [3.05, 3.63) is 0 Å². The normalized spacial score (nSPS) is 25.7. The second-order valence-electron chi connectivity index (χ2n) is 4.03. The zero-order chi connectivity index (χ0) is 10.7. The summed E-state index contributed by atoms with van der Waals surface area (Å²) in [5.74, 6) is -0.429. The summed E-state index contributed by atoms with van der Waals surface area (Å²) in [6.07, 6.45) is 2.27. The van der Waals surface area contributed by atoms with Gasteiger partial charge in [0.1, 0.15) is 6.04 Å². The Morgan fingerprint density at radius 3 is 2.79 bits per heavy atom. The minimum Gasteiger partial charge on any atom is -0.480 e. The molecule has 1 rings (SSSR count). The first-order valence-electron chi connectivity index (χ1n) is 5.04. The molecule has 4 heteroatoms. The lowest BCUT2D eigenvalue weighted by Gasteiger charge is -2.24. The minimum absolute atomic E-state index is 0.0238. The summed E-state index contributed by atoms with van der Waals surface area (Å²) in [4.78, 5) is 23.8. The molecule has 4 nitrogen and oxygen atoms in total. The summed E-state index contributed by atoms with van der Waals surface area (Å²) in [5, 5.41) is 8.82. The Labute approximate surface area is 83.9 Å². The van der Waals surface area contributed by atoms with Crippen molar-refractivity contribution in [3.8, 4) is 0 Å². The van der Waals surface area contributed by atoms with Gasteiger partial charge in [0.2, 0.25) is 5.91 Å². The van der Waals surface area contributed by atoms with Crippen molar-refractivity contribution in [2.45, 2.75) is 39.2 Å². The Hall–Kier alpha value is -1.06. The fraction of sp³-hybridized carbons (Fsp3) is 0.800. The predicted octanol–water partition coefficient (Wildman–Crippen LogP) is 1.11. The fourth-order valence-electron chi connectivity index (χ4n) is 1.68. The zero-order valence-corrected chi connectivity index (χ0v) is 8.69. The van der Waals surface area contributed by atoms with E-state index in [1.165, 1.54) is 4.90 Å². The highest BCUT2D eigenvalue weighted by Crippen LogP contribution is 2.19. The van der Waals surface area contributed by atoms with Gasteiger partial charge >= 0.3 is 5.97 Å². The molecule has 0 radical (unpaired) electrons. The number of amides is 1. The van der Waals surface area contributed by atoms with Crippen LogP contribution in [0.2, 0.25) is 0 Å². The van der Waals surface area contributed by atoms with Crippen molar-refractivity contribution in [1.82, 2.24) is 4.90 Å². The van der Waals surface area contributed by atoms with E-state index in [9.17, 15) is 9.59 Å². The third kappa shape index (κ3) is 2.47. The van der Waals surface area contributed by atoms with E-state index < -0.39 is 12.0 Å². The molecule has 0 aromatic rings. The first kappa shape index (κ1) is 11.0. The second kappa shape index (κ2) is 4.44. The Bertz CT molecular complexity index is 240. The van der Waals surface area contributed by atoms with E-state index in [1.807, 2.05) is 0 Å². The van der Waals surface area contributed by atoms with E-state index in [4.69, 9.17) is 5.11 Å². The monoisotopic (exact) mass is 199 g/mol. The molecule has 0 saturated carbocycles. The van der Waals surface area contributed by atoms with Gasteiger partial charge in [-0.2, -0.15) is 0 Å². The Balaban J connectivity index is 2.67. The first-order valence-corrected chi connectivity index (χ1v) is 5.04. The van der Waals surface area contributed by atoms with E-state index in [0.29, 0.717) is 18.9 Å². The van der Waals surface area contributed by atoms with Crippen LogP contribution in [0.15, 0.2) is 0 Å². The zero-order valence-electron chi connectivity index (χ0n) is 8.69. The summed E-state index contributed by atoms with van der Waals surface area (Å²) in [6, 6.07) is -0.687. The van der Waals surface area contributed by atoms with Gasteiger partial charge in [0.25, 0.3) is 0 Å². The summed E-state index contributed by atoms with van der Waals surface area (Å²) >= 11 is 0. The van der Waals surface area contributed by atoms with Crippen molar-refractivity contribution < 1.29 is 14.7 Å². The Morgan fingerprint density at radius 2 is 2.21 bits per heavy atom. The summed E-state index contributed by atoms with van der Waals surface area (Å²) in [5.41, 5.74) is 0. The van der Waals surface area contributed by atoms with Gasteiger partial charge in [-0.3, -0.25) is 4.79 Å². The summed E-state index contributed by atoms with van der Waals surface area (Å²) in [7, 11) is 0. The lowest BCUT2D eigenvalue weighted by molar-refractivity contribution is -0.149. The highest BCUT2D eigenvalue weighted by Gasteiger charge is 2.27. The molecule has 1 fully saturated rings. The van der Waals surface area contributed by atoms with Gasteiger partial charge in [-0.05, 0) is 25.7 Å². The number of nitrogens with zero attached hydrogens (tertiary/aromatic N) is 1. The van der Waals surface area contributed by atoms with Crippen LogP contribution in [0.5, 0.6) is 0 Å². The quantitative estimate of drug-likeness (QED) is 0.724. The maximum absolute atomic E-state index is 11.6. The predicted molar refractivity (Wildman–Crippen MR) is 51.8 cm³/mol. The molecule has 2 unspecified atom stereocenters.